The van der Waals surface area contributed by atoms with E-state index < -0.39 is 40.9 Å². The van der Waals surface area contributed by atoms with Gasteiger partial charge in [0, 0.05) is 0 Å². The number of carbonyl (C=O) groups is 1. The Morgan fingerprint density at radius 2 is 1.82 bits per heavy atom. The summed E-state index contributed by atoms with van der Waals surface area (Å²) in [6, 6.07) is 1.65. The third kappa shape index (κ3) is 4.03. The van der Waals surface area contributed by atoms with Gasteiger partial charge in [0.25, 0.3) is 0 Å². The van der Waals surface area contributed by atoms with Gasteiger partial charge in [0.05, 0.1) is 17.7 Å². The van der Waals surface area contributed by atoms with E-state index in [2.05, 4.69) is 9.47 Å². The highest BCUT2D eigenvalue weighted by molar-refractivity contribution is 5.95. The molecule has 1 aromatic rings. The van der Waals surface area contributed by atoms with E-state index in [1.807, 2.05) is 0 Å². The Bertz CT molecular complexity index is 615. The number of benzene rings is 1. The number of hydrogen-bond donors (Lipinski definition) is 0. The van der Waals surface area contributed by atoms with Crippen LogP contribution >= 0.6 is 0 Å². The lowest BCUT2D eigenvalue weighted by molar-refractivity contribution is -0.274. The highest BCUT2D eigenvalue weighted by Crippen LogP contribution is 2.38. The maximum atomic E-state index is 12.9. The largest absolute Gasteiger partial charge is 0.573 e. The van der Waals surface area contributed by atoms with Crippen molar-refractivity contribution in [1.82, 2.24) is 0 Å². The second-order valence-electron chi connectivity index (χ2n) is 3.74. The molecule has 1 rings (SSSR count). The molecule has 0 spiro atoms. The van der Waals surface area contributed by atoms with Gasteiger partial charge in [0.15, 0.2) is 0 Å². The van der Waals surface area contributed by atoms with Crippen molar-refractivity contribution in [2.75, 3.05) is 6.61 Å². The maximum Gasteiger partial charge on any atom is 0.573 e. The van der Waals surface area contributed by atoms with Crippen molar-refractivity contribution in [2.24, 2.45) is 0 Å². The minimum atomic E-state index is -5.24. The third-order valence-electron chi connectivity index (χ3n) is 2.29. The van der Waals surface area contributed by atoms with Crippen molar-refractivity contribution in [3.63, 3.8) is 0 Å². The Hall–Kier alpha value is -2.44. The summed E-state index contributed by atoms with van der Waals surface area (Å²) in [6.07, 6.45) is -10.3. The number of nitrogens with zero attached hydrogens (tertiary/aromatic N) is 1. The number of esters is 1. The Morgan fingerprint density at radius 1 is 1.23 bits per heavy atom. The SMILES string of the molecule is CCOC(=O)c1c(C(F)(F)F)ccc(OC(F)(F)F)c1C#N. The smallest absolute Gasteiger partial charge is 0.462 e. The fraction of sp³-hybridized carbons (Fsp3) is 0.333. The summed E-state index contributed by atoms with van der Waals surface area (Å²) in [5, 5.41) is 8.83. The lowest BCUT2D eigenvalue weighted by Gasteiger charge is -2.16. The van der Waals surface area contributed by atoms with E-state index in [1.165, 1.54) is 6.92 Å². The Kier molecular flexibility index (Phi) is 4.91. The van der Waals surface area contributed by atoms with Crippen molar-refractivity contribution in [3.05, 3.63) is 28.8 Å². The average molecular weight is 327 g/mol. The molecule has 0 radical (unpaired) electrons. The zero-order valence-electron chi connectivity index (χ0n) is 10.8. The van der Waals surface area contributed by atoms with Gasteiger partial charge < -0.3 is 9.47 Å². The molecule has 120 valence electrons. The van der Waals surface area contributed by atoms with Crippen LogP contribution in [0.3, 0.4) is 0 Å². The van der Waals surface area contributed by atoms with E-state index in [-0.39, 0.29) is 12.7 Å². The van der Waals surface area contributed by atoms with Crippen LogP contribution in [-0.2, 0) is 10.9 Å². The second-order valence-corrected chi connectivity index (χ2v) is 3.74. The van der Waals surface area contributed by atoms with Crippen LogP contribution in [0.15, 0.2) is 12.1 Å². The van der Waals surface area contributed by atoms with Gasteiger partial charge in [-0.3, -0.25) is 0 Å². The van der Waals surface area contributed by atoms with Crippen LogP contribution < -0.4 is 4.74 Å². The molecule has 0 unspecified atom stereocenters. The Labute approximate surface area is 119 Å². The predicted molar refractivity (Wildman–Crippen MR) is 58.8 cm³/mol. The van der Waals surface area contributed by atoms with E-state index in [0.29, 0.717) is 6.07 Å². The van der Waals surface area contributed by atoms with Crippen LogP contribution in [0.2, 0.25) is 0 Å². The molecule has 4 nitrogen and oxygen atoms in total. The molecule has 0 amide bonds. The number of hydrogen-bond acceptors (Lipinski definition) is 4. The van der Waals surface area contributed by atoms with Crippen molar-refractivity contribution < 1.29 is 40.6 Å². The summed E-state index contributed by atoms with van der Waals surface area (Å²) < 4.78 is 83.0. The molecule has 10 heteroatoms. The number of halogens is 6. The van der Waals surface area contributed by atoms with Crippen LogP contribution in [0.5, 0.6) is 5.75 Å². The minimum Gasteiger partial charge on any atom is -0.462 e. The fourth-order valence-corrected chi connectivity index (χ4v) is 1.56. The summed E-state index contributed by atoms with van der Waals surface area (Å²) in [5.74, 6) is -2.79. The predicted octanol–water partition coefficient (Wildman–Crippen LogP) is 3.65. The second kappa shape index (κ2) is 6.13. The molecule has 0 N–H and O–H groups in total. The van der Waals surface area contributed by atoms with E-state index >= 15 is 0 Å². The molecule has 0 fully saturated rings. The van der Waals surface area contributed by atoms with E-state index in [1.54, 1.807) is 0 Å². The molecule has 0 aliphatic heterocycles. The molecule has 0 heterocycles. The number of carbonyl (C=O) groups excluding carboxylic acids is 1. The van der Waals surface area contributed by atoms with Crippen LogP contribution in [0.1, 0.15) is 28.4 Å². The number of nitriles is 1. The first-order valence-corrected chi connectivity index (χ1v) is 5.58. The number of rotatable bonds is 3. The molecule has 0 aromatic heterocycles. The van der Waals surface area contributed by atoms with Crippen LogP contribution in [0.4, 0.5) is 26.3 Å². The van der Waals surface area contributed by atoms with Gasteiger partial charge in [-0.15, -0.1) is 13.2 Å². The van der Waals surface area contributed by atoms with Gasteiger partial charge in [-0.05, 0) is 19.1 Å². The van der Waals surface area contributed by atoms with Gasteiger partial charge in [0.2, 0.25) is 0 Å². The zero-order chi connectivity index (χ0) is 17.1. The van der Waals surface area contributed by atoms with Gasteiger partial charge in [-0.25, -0.2) is 4.79 Å². The quantitative estimate of drug-likeness (QED) is 0.628. The van der Waals surface area contributed by atoms with Gasteiger partial charge in [-0.2, -0.15) is 18.4 Å². The molecule has 0 saturated heterocycles. The van der Waals surface area contributed by atoms with Crippen LogP contribution in [-0.4, -0.2) is 18.9 Å². The number of ether oxygens (including phenoxy) is 2. The Balaban J connectivity index is 3.60. The van der Waals surface area contributed by atoms with Gasteiger partial charge >= 0.3 is 18.5 Å². The van der Waals surface area contributed by atoms with Crippen LogP contribution in [0.25, 0.3) is 0 Å². The zero-order valence-corrected chi connectivity index (χ0v) is 10.8. The lowest BCUT2D eigenvalue weighted by atomic mass is 10.00. The standard InChI is InChI=1S/C12H7F6NO3/c1-2-21-10(20)9-6(5-19)8(22-12(16,17)18)4-3-7(9)11(13,14)15/h3-4H,2H2,1H3. The molecular weight excluding hydrogens is 320 g/mol. The van der Waals surface area contributed by atoms with Crippen molar-refractivity contribution in [3.8, 4) is 11.8 Å². The van der Waals surface area contributed by atoms with E-state index in [9.17, 15) is 31.1 Å². The maximum absolute atomic E-state index is 12.9. The van der Waals surface area contributed by atoms with Crippen molar-refractivity contribution >= 4 is 5.97 Å². The molecule has 0 atom stereocenters. The normalized spacial score (nSPS) is 11.7. The monoisotopic (exact) mass is 327 g/mol. The lowest BCUT2D eigenvalue weighted by Crippen LogP contribution is -2.21. The molecule has 0 aliphatic rings. The van der Waals surface area contributed by atoms with E-state index in [0.717, 1.165) is 6.07 Å². The highest BCUT2D eigenvalue weighted by Gasteiger charge is 2.40. The average Bonchev–Trinajstić information content (AvgIpc) is 2.35. The Morgan fingerprint density at radius 3 is 2.23 bits per heavy atom. The first-order valence-electron chi connectivity index (χ1n) is 5.58. The minimum absolute atomic E-state index is 0.216. The topological polar surface area (TPSA) is 59.3 Å². The molecule has 0 aliphatic carbocycles. The molecule has 0 saturated carbocycles. The van der Waals surface area contributed by atoms with Crippen molar-refractivity contribution in [2.45, 2.75) is 19.5 Å². The van der Waals surface area contributed by atoms with Gasteiger partial charge in [0.1, 0.15) is 17.4 Å². The van der Waals surface area contributed by atoms with E-state index in [4.69, 9.17) is 5.26 Å². The summed E-state index contributed by atoms with van der Waals surface area (Å²) in [5.41, 5.74) is -4.11. The van der Waals surface area contributed by atoms with Crippen LogP contribution in [0, 0.1) is 11.3 Å². The summed E-state index contributed by atoms with van der Waals surface area (Å²) in [6.45, 7) is 0.957. The third-order valence-corrected chi connectivity index (χ3v) is 2.29. The van der Waals surface area contributed by atoms with Gasteiger partial charge in [-0.1, -0.05) is 0 Å². The summed E-state index contributed by atoms with van der Waals surface area (Å²) in [4.78, 5) is 11.6. The highest BCUT2D eigenvalue weighted by atomic mass is 19.4. The molecule has 0 bridgehead atoms. The summed E-state index contributed by atoms with van der Waals surface area (Å²) in [7, 11) is 0. The fourth-order valence-electron chi connectivity index (χ4n) is 1.56. The molecule has 1 aromatic carbocycles. The first kappa shape index (κ1) is 17.6. The summed E-state index contributed by atoms with van der Waals surface area (Å²) >= 11 is 0. The molecular formula is C12H7F6NO3. The molecule has 22 heavy (non-hydrogen) atoms. The van der Waals surface area contributed by atoms with Crippen molar-refractivity contribution in [1.29, 1.82) is 5.26 Å². The first-order chi connectivity index (χ1) is 10.0. The number of alkyl halides is 6.